The number of carboxylic acids is 1. The predicted molar refractivity (Wildman–Crippen MR) is 37.7 cm³/mol. The minimum absolute atomic E-state index is 0.296. The van der Waals surface area contributed by atoms with Crippen molar-refractivity contribution in [3.8, 4) is 0 Å². The second kappa shape index (κ2) is 7.94. The van der Waals surface area contributed by atoms with Gasteiger partial charge in [-0.25, -0.2) is 0 Å². The molecule has 0 atom stereocenters. The molecule has 0 spiro atoms. The molecule has 0 rings (SSSR count). The van der Waals surface area contributed by atoms with Gasteiger partial charge in [-0.2, -0.15) is 0 Å². The second-order valence-electron chi connectivity index (χ2n) is 1.30. The first kappa shape index (κ1) is 11.7. The molecule has 0 aliphatic carbocycles. The van der Waals surface area contributed by atoms with Gasteiger partial charge in [-0.3, -0.25) is 9.59 Å². The molecule has 0 unspecified atom stereocenters. The molecule has 2 N–H and O–H groups in total. The van der Waals surface area contributed by atoms with Crippen LogP contribution in [0.1, 0.15) is 20.8 Å². The van der Waals surface area contributed by atoms with Crippen LogP contribution in [0.2, 0.25) is 0 Å². The van der Waals surface area contributed by atoms with Gasteiger partial charge < -0.3 is 10.4 Å². The second-order valence-corrected chi connectivity index (χ2v) is 1.30. The number of carbonyl (C=O) groups excluding carboxylic acids is 1. The monoisotopic (exact) mass is 147 g/mol. The Morgan fingerprint density at radius 1 is 1.40 bits per heavy atom. The third-order valence-corrected chi connectivity index (χ3v) is 0.489. The molecular weight excluding hydrogens is 134 g/mol. The number of aliphatic carboxylic acids is 1. The lowest BCUT2D eigenvalue weighted by molar-refractivity contribution is -0.137. The van der Waals surface area contributed by atoms with Crippen molar-refractivity contribution in [2.24, 2.45) is 0 Å². The van der Waals surface area contributed by atoms with Gasteiger partial charge in [0.25, 0.3) is 0 Å². The molecule has 10 heavy (non-hydrogen) atoms. The van der Waals surface area contributed by atoms with E-state index >= 15 is 0 Å². The summed E-state index contributed by atoms with van der Waals surface area (Å²) >= 11 is 0. The van der Waals surface area contributed by atoms with Gasteiger partial charge in [-0.1, -0.05) is 13.8 Å². The maximum Gasteiger partial charge on any atom is 0.322 e. The highest BCUT2D eigenvalue weighted by molar-refractivity contribution is 5.79. The van der Waals surface area contributed by atoms with E-state index in [4.69, 9.17) is 5.11 Å². The van der Waals surface area contributed by atoms with Crippen molar-refractivity contribution in [3.63, 3.8) is 0 Å². The van der Waals surface area contributed by atoms with Crippen LogP contribution in [-0.4, -0.2) is 23.5 Å². The number of nitrogens with one attached hydrogen (secondary N) is 1. The summed E-state index contributed by atoms with van der Waals surface area (Å²) < 4.78 is 0. The van der Waals surface area contributed by atoms with Crippen LogP contribution in [0.4, 0.5) is 0 Å². The van der Waals surface area contributed by atoms with Crippen LogP contribution in [-0.2, 0) is 9.59 Å². The van der Waals surface area contributed by atoms with Crippen LogP contribution < -0.4 is 5.32 Å². The zero-order valence-corrected chi connectivity index (χ0v) is 6.47. The van der Waals surface area contributed by atoms with Gasteiger partial charge in [0.2, 0.25) is 5.91 Å². The molecular formula is C6H13NO3. The zero-order valence-electron chi connectivity index (χ0n) is 6.47. The van der Waals surface area contributed by atoms with Crippen LogP contribution in [0.5, 0.6) is 0 Å². The third-order valence-electron chi connectivity index (χ3n) is 0.489. The van der Waals surface area contributed by atoms with E-state index in [1.807, 2.05) is 13.8 Å². The van der Waals surface area contributed by atoms with Gasteiger partial charge in [0, 0.05) is 6.92 Å². The summed E-state index contributed by atoms with van der Waals surface area (Å²) in [4.78, 5) is 19.7. The van der Waals surface area contributed by atoms with Crippen molar-refractivity contribution in [1.29, 1.82) is 0 Å². The fraction of sp³-hybridized carbons (Fsp3) is 0.667. The Morgan fingerprint density at radius 2 is 1.80 bits per heavy atom. The van der Waals surface area contributed by atoms with Gasteiger partial charge in [0.1, 0.15) is 6.54 Å². The lowest BCUT2D eigenvalue weighted by Crippen LogP contribution is -2.26. The van der Waals surface area contributed by atoms with Crippen LogP contribution in [0, 0.1) is 0 Å². The number of hydrogen-bond acceptors (Lipinski definition) is 2. The average Bonchev–Trinajstić information content (AvgIpc) is 1.89. The lowest BCUT2D eigenvalue weighted by Gasteiger charge is -1.92. The molecule has 0 saturated carbocycles. The topological polar surface area (TPSA) is 66.4 Å². The summed E-state index contributed by atoms with van der Waals surface area (Å²) in [5, 5.41) is 10.1. The number of carbonyl (C=O) groups is 2. The highest BCUT2D eigenvalue weighted by Gasteiger charge is 1.94. The van der Waals surface area contributed by atoms with Crippen molar-refractivity contribution in [3.05, 3.63) is 0 Å². The predicted octanol–water partition coefficient (Wildman–Crippen LogP) is 0.233. The van der Waals surface area contributed by atoms with E-state index in [1.54, 1.807) is 0 Å². The molecule has 0 aliphatic heterocycles. The van der Waals surface area contributed by atoms with Gasteiger partial charge in [0.05, 0.1) is 0 Å². The van der Waals surface area contributed by atoms with Crippen LogP contribution in [0.3, 0.4) is 0 Å². The molecule has 0 fully saturated rings. The summed E-state index contributed by atoms with van der Waals surface area (Å²) in [6.07, 6.45) is 0. The van der Waals surface area contributed by atoms with E-state index in [0.717, 1.165) is 0 Å². The smallest absolute Gasteiger partial charge is 0.322 e. The first-order valence-corrected chi connectivity index (χ1v) is 3.09. The van der Waals surface area contributed by atoms with E-state index in [-0.39, 0.29) is 12.5 Å². The number of carboxylic acid groups (broad SMARTS) is 1. The molecule has 4 heteroatoms. The largest absolute Gasteiger partial charge is 0.480 e. The van der Waals surface area contributed by atoms with Crippen LogP contribution >= 0.6 is 0 Å². The maximum atomic E-state index is 9.97. The molecule has 0 aromatic carbocycles. The SMILES string of the molecule is CC.CC(=O)NCC(=O)O. The maximum absolute atomic E-state index is 9.97. The first-order chi connectivity index (χ1) is 4.63. The summed E-state index contributed by atoms with van der Waals surface area (Å²) in [5.41, 5.74) is 0. The highest BCUT2D eigenvalue weighted by atomic mass is 16.4. The van der Waals surface area contributed by atoms with E-state index in [9.17, 15) is 9.59 Å². The fourth-order valence-electron chi connectivity index (χ4n) is 0.200. The first-order valence-electron chi connectivity index (χ1n) is 3.09. The fourth-order valence-corrected chi connectivity index (χ4v) is 0.200. The molecule has 0 bridgehead atoms. The van der Waals surface area contributed by atoms with E-state index < -0.39 is 5.97 Å². The summed E-state index contributed by atoms with van der Waals surface area (Å²) in [5.74, 6) is -1.35. The summed E-state index contributed by atoms with van der Waals surface area (Å²) in [6, 6.07) is 0. The minimum Gasteiger partial charge on any atom is -0.480 e. The van der Waals surface area contributed by atoms with E-state index in [2.05, 4.69) is 5.32 Å². The highest BCUT2D eigenvalue weighted by Crippen LogP contribution is 1.60. The van der Waals surface area contributed by atoms with Gasteiger partial charge in [-0.15, -0.1) is 0 Å². The van der Waals surface area contributed by atoms with Crippen LogP contribution in [0.25, 0.3) is 0 Å². The van der Waals surface area contributed by atoms with E-state index in [0.29, 0.717) is 0 Å². The number of hydrogen-bond donors (Lipinski definition) is 2. The van der Waals surface area contributed by atoms with Crippen molar-refractivity contribution in [1.82, 2.24) is 5.32 Å². The van der Waals surface area contributed by atoms with E-state index in [1.165, 1.54) is 6.92 Å². The Kier molecular flexibility index (Phi) is 9.29. The van der Waals surface area contributed by atoms with Gasteiger partial charge in [0.15, 0.2) is 0 Å². The molecule has 4 nitrogen and oxygen atoms in total. The summed E-state index contributed by atoms with van der Waals surface area (Å²) in [6.45, 7) is 4.97. The quantitative estimate of drug-likeness (QED) is 0.587. The Balaban J connectivity index is 0. The normalized spacial score (nSPS) is 7.10. The molecule has 0 saturated heterocycles. The molecule has 1 amide bonds. The standard InChI is InChI=1S/C4H7NO3.C2H6/c1-3(6)5-2-4(7)8;1-2/h2H2,1H3,(H,5,6)(H,7,8);1-2H3. The molecule has 0 aromatic heterocycles. The lowest BCUT2D eigenvalue weighted by atomic mass is 10.6. The molecule has 0 heterocycles. The number of rotatable bonds is 2. The Morgan fingerprint density at radius 3 is 1.90 bits per heavy atom. The third kappa shape index (κ3) is 15.8. The molecule has 0 aliphatic rings. The van der Waals surface area contributed by atoms with Crippen LogP contribution in [0.15, 0.2) is 0 Å². The minimum atomic E-state index is -1.03. The van der Waals surface area contributed by atoms with Crippen molar-refractivity contribution < 1.29 is 14.7 Å². The van der Waals surface area contributed by atoms with Crippen molar-refractivity contribution in [2.75, 3.05) is 6.54 Å². The number of amides is 1. The molecule has 0 aromatic rings. The Labute approximate surface area is 60.2 Å². The Bertz CT molecular complexity index is 97.6. The van der Waals surface area contributed by atoms with Gasteiger partial charge in [-0.05, 0) is 0 Å². The zero-order chi connectivity index (χ0) is 8.57. The van der Waals surface area contributed by atoms with Gasteiger partial charge >= 0.3 is 5.97 Å². The molecule has 60 valence electrons. The van der Waals surface area contributed by atoms with Crippen molar-refractivity contribution >= 4 is 11.9 Å². The Hall–Kier alpha value is -1.06. The average molecular weight is 147 g/mol. The molecule has 0 radical (unpaired) electrons. The van der Waals surface area contributed by atoms with Crippen molar-refractivity contribution in [2.45, 2.75) is 20.8 Å². The summed E-state index contributed by atoms with van der Waals surface area (Å²) in [7, 11) is 0.